The Hall–Kier alpha value is -2.85. The van der Waals surface area contributed by atoms with Crippen LogP contribution in [0.1, 0.15) is 10.4 Å². The van der Waals surface area contributed by atoms with Crippen molar-refractivity contribution in [1.29, 1.82) is 0 Å². The number of nitrogens with one attached hydrogen (secondary N) is 2. The number of aromatic nitrogens is 3. The number of amides is 1. The number of aromatic amines is 1. The second kappa shape index (κ2) is 6.15. The Labute approximate surface area is 151 Å². The van der Waals surface area contributed by atoms with Crippen molar-refractivity contribution in [2.75, 3.05) is 5.75 Å². The normalized spacial score (nSPS) is 18.2. The van der Waals surface area contributed by atoms with Gasteiger partial charge < -0.3 is 10.3 Å². The van der Waals surface area contributed by atoms with Crippen LogP contribution in [0.4, 0.5) is 0 Å². The van der Waals surface area contributed by atoms with E-state index in [2.05, 4.69) is 20.5 Å². The standard InChI is InChI=1S/C16H12N4O4S2/c21-14(18-11-3-4-26(23,24)7-11)12-5-9-1-2-10(16-20-17-8-25-16)6-13(9)19-15(12)22/h1-6,8,11H,7H2,(H,18,21)(H,19,22)/t11-/m1/s1. The van der Waals surface area contributed by atoms with Crippen LogP contribution < -0.4 is 10.9 Å². The Morgan fingerprint density at radius 1 is 1.31 bits per heavy atom. The molecule has 0 fully saturated rings. The minimum atomic E-state index is -3.29. The van der Waals surface area contributed by atoms with Gasteiger partial charge >= 0.3 is 0 Å². The summed E-state index contributed by atoms with van der Waals surface area (Å²) in [6.07, 6.45) is 1.40. The van der Waals surface area contributed by atoms with Crippen molar-refractivity contribution in [1.82, 2.24) is 20.5 Å². The molecule has 8 nitrogen and oxygen atoms in total. The van der Waals surface area contributed by atoms with Gasteiger partial charge in [0, 0.05) is 16.5 Å². The van der Waals surface area contributed by atoms with Crippen LogP contribution in [0, 0.1) is 0 Å². The van der Waals surface area contributed by atoms with Crippen molar-refractivity contribution in [3.63, 3.8) is 0 Å². The molecule has 2 aromatic heterocycles. The number of benzene rings is 1. The average molecular weight is 388 g/mol. The van der Waals surface area contributed by atoms with Crippen LogP contribution in [0.25, 0.3) is 21.5 Å². The maximum atomic E-state index is 12.4. The Morgan fingerprint density at radius 2 is 2.15 bits per heavy atom. The predicted octanol–water partition coefficient (Wildman–Crippen LogP) is 1.09. The lowest BCUT2D eigenvalue weighted by Crippen LogP contribution is -2.38. The molecule has 3 aromatic rings. The number of fused-ring (bicyclic) bond motifs is 1. The minimum Gasteiger partial charge on any atom is -0.345 e. The van der Waals surface area contributed by atoms with Crippen LogP contribution in [-0.2, 0) is 9.84 Å². The second-order valence-electron chi connectivity index (χ2n) is 5.80. The van der Waals surface area contributed by atoms with Gasteiger partial charge in [-0.1, -0.05) is 23.5 Å². The molecule has 1 atom stereocenters. The highest BCUT2D eigenvalue weighted by Crippen LogP contribution is 2.24. The molecule has 1 amide bonds. The second-order valence-corrected chi connectivity index (χ2v) is 8.56. The third-order valence-corrected chi connectivity index (χ3v) is 6.08. The zero-order valence-electron chi connectivity index (χ0n) is 13.2. The van der Waals surface area contributed by atoms with Crippen molar-refractivity contribution < 1.29 is 13.2 Å². The number of pyridine rings is 1. The molecule has 1 aromatic carbocycles. The van der Waals surface area contributed by atoms with Gasteiger partial charge in [0.15, 0.2) is 9.84 Å². The topological polar surface area (TPSA) is 122 Å². The summed E-state index contributed by atoms with van der Waals surface area (Å²) in [5.41, 5.74) is 2.39. The maximum Gasteiger partial charge on any atom is 0.261 e. The number of hydrogen-bond acceptors (Lipinski definition) is 7. The smallest absolute Gasteiger partial charge is 0.261 e. The van der Waals surface area contributed by atoms with E-state index in [9.17, 15) is 18.0 Å². The van der Waals surface area contributed by atoms with E-state index >= 15 is 0 Å². The van der Waals surface area contributed by atoms with Crippen LogP contribution in [0.5, 0.6) is 0 Å². The highest BCUT2D eigenvalue weighted by atomic mass is 32.2. The number of nitrogens with zero attached hydrogens (tertiary/aromatic N) is 2. The zero-order valence-corrected chi connectivity index (χ0v) is 14.8. The molecule has 0 saturated carbocycles. The number of H-pyrrole nitrogens is 1. The molecule has 0 saturated heterocycles. The molecule has 0 unspecified atom stereocenters. The molecule has 132 valence electrons. The fraction of sp³-hybridized carbons (Fsp3) is 0.125. The van der Waals surface area contributed by atoms with Gasteiger partial charge in [-0.15, -0.1) is 10.2 Å². The summed E-state index contributed by atoms with van der Waals surface area (Å²) in [4.78, 5) is 27.3. The van der Waals surface area contributed by atoms with E-state index in [1.54, 1.807) is 17.6 Å². The quantitative estimate of drug-likeness (QED) is 0.693. The van der Waals surface area contributed by atoms with Crippen LogP contribution in [-0.4, -0.2) is 41.3 Å². The number of carbonyl (C=O) groups is 1. The summed E-state index contributed by atoms with van der Waals surface area (Å²) in [5, 5.41) is 12.8. The number of hydrogen-bond donors (Lipinski definition) is 2. The van der Waals surface area contributed by atoms with Crippen molar-refractivity contribution in [2.24, 2.45) is 0 Å². The molecule has 4 rings (SSSR count). The SMILES string of the molecule is O=C(N[C@@H]1C=CS(=O)(=O)C1)c1cc2ccc(-c3nncs3)cc2[nH]c1=O. The van der Waals surface area contributed by atoms with E-state index in [1.165, 1.54) is 23.5 Å². The number of rotatable bonds is 3. The summed E-state index contributed by atoms with van der Waals surface area (Å²) in [6, 6.07) is 6.22. The van der Waals surface area contributed by atoms with Gasteiger partial charge in [-0.25, -0.2) is 8.42 Å². The molecule has 1 aliphatic heterocycles. The summed E-state index contributed by atoms with van der Waals surface area (Å²) >= 11 is 1.38. The maximum absolute atomic E-state index is 12.4. The zero-order chi connectivity index (χ0) is 18.3. The Bertz CT molecular complexity index is 1200. The molecule has 2 N–H and O–H groups in total. The average Bonchev–Trinajstić information content (AvgIpc) is 3.23. The number of sulfone groups is 1. The van der Waals surface area contributed by atoms with Crippen LogP contribution >= 0.6 is 11.3 Å². The van der Waals surface area contributed by atoms with Crippen molar-refractivity contribution >= 4 is 38.0 Å². The molecular formula is C16H12N4O4S2. The number of carbonyl (C=O) groups excluding carboxylic acids is 1. The van der Waals surface area contributed by atoms with Gasteiger partial charge in [-0.05, 0) is 23.6 Å². The van der Waals surface area contributed by atoms with Crippen LogP contribution in [0.2, 0.25) is 0 Å². The van der Waals surface area contributed by atoms with Crippen molar-refractivity contribution in [2.45, 2.75) is 6.04 Å². The van der Waals surface area contributed by atoms with Gasteiger partial charge in [-0.2, -0.15) is 0 Å². The monoisotopic (exact) mass is 388 g/mol. The van der Waals surface area contributed by atoms with E-state index in [4.69, 9.17) is 0 Å². The molecule has 10 heteroatoms. The van der Waals surface area contributed by atoms with Crippen LogP contribution in [0.15, 0.2) is 46.1 Å². The fourth-order valence-electron chi connectivity index (χ4n) is 2.71. The highest BCUT2D eigenvalue weighted by Gasteiger charge is 2.24. The molecule has 0 radical (unpaired) electrons. The molecule has 0 spiro atoms. The third kappa shape index (κ3) is 3.16. The van der Waals surface area contributed by atoms with Gasteiger partial charge in [0.25, 0.3) is 11.5 Å². The first-order valence-corrected chi connectivity index (χ1v) is 10.2. The Balaban J connectivity index is 1.65. The van der Waals surface area contributed by atoms with Gasteiger partial charge in [0.05, 0.1) is 11.8 Å². The molecular weight excluding hydrogens is 376 g/mol. The first kappa shape index (κ1) is 16.6. The summed E-state index contributed by atoms with van der Waals surface area (Å²) in [5.74, 6) is -0.816. The minimum absolute atomic E-state index is 0.0705. The lowest BCUT2D eigenvalue weighted by Gasteiger charge is -2.10. The molecule has 0 bridgehead atoms. The first-order chi connectivity index (χ1) is 12.4. The van der Waals surface area contributed by atoms with E-state index < -0.39 is 27.3 Å². The Kier molecular flexibility index (Phi) is 3.93. The third-order valence-electron chi connectivity index (χ3n) is 3.94. The van der Waals surface area contributed by atoms with Crippen molar-refractivity contribution in [3.05, 3.63) is 57.2 Å². The molecule has 0 aliphatic carbocycles. The Morgan fingerprint density at radius 3 is 2.85 bits per heavy atom. The van der Waals surface area contributed by atoms with Gasteiger partial charge in [-0.3, -0.25) is 9.59 Å². The van der Waals surface area contributed by atoms with Gasteiger partial charge in [0.2, 0.25) is 0 Å². The summed E-state index contributed by atoms with van der Waals surface area (Å²) in [7, 11) is -3.29. The lowest BCUT2D eigenvalue weighted by atomic mass is 10.1. The van der Waals surface area contributed by atoms with E-state index in [1.807, 2.05) is 6.07 Å². The van der Waals surface area contributed by atoms with E-state index in [0.717, 1.165) is 16.0 Å². The van der Waals surface area contributed by atoms with E-state index in [-0.39, 0.29) is 11.3 Å². The molecule has 26 heavy (non-hydrogen) atoms. The summed E-state index contributed by atoms with van der Waals surface area (Å²) in [6.45, 7) is 0. The predicted molar refractivity (Wildman–Crippen MR) is 97.7 cm³/mol. The highest BCUT2D eigenvalue weighted by molar-refractivity contribution is 7.94. The van der Waals surface area contributed by atoms with Crippen LogP contribution in [0.3, 0.4) is 0 Å². The summed E-state index contributed by atoms with van der Waals surface area (Å²) < 4.78 is 22.8. The van der Waals surface area contributed by atoms with Gasteiger partial charge in [0.1, 0.15) is 16.1 Å². The fourth-order valence-corrected chi connectivity index (χ4v) is 4.50. The first-order valence-electron chi connectivity index (χ1n) is 7.57. The molecule has 3 heterocycles. The lowest BCUT2D eigenvalue weighted by molar-refractivity contribution is 0.0946. The molecule has 1 aliphatic rings. The van der Waals surface area contributed by atoms with Crippen molar-refractivity contribution in [3.8, 4) is 10.6 Å². The van der Waals surface area contributed by atoms with E-state index in [0.29, 0.717) is 10.9 Å². The largest absolute Gasteiger partial charge is 0.345 e.